The van der Waals surface area contributed by atoms with E-state index in [1.807, 2.05) is 54.6 Å². The second-order valence-electron chi connectivity index (χ2n) is 13.2. The first-order valence-corrected chi connectivity index (χ1v) is 17.0. The quantitative estimate of drug-likeness (QED) is 0.0839. The van der Waals surface area contributed by atoms with E-state index in [-0.39, 0.29) is 5.84 Å². The third kappa shape index (κ3) is 3.58. The number of rotatable bonds is 5. The zero-order chi connectivity index (χ0) is 33.6. The predicted molar refractivity (Wildman–Crippen MR) is 209 cm³/mol. The lowest BCUT2D eigenvalue weighted by molar-refractivity contribution is 0.867. The van der Waals surface area contributed by atoms with Crippen LogP contribution in [0.4, 0.5) is 0 Å². The highest BCUT2D eigenvalue weighted by atomic mass is 14.9. The number of allylic oxidation sites excluding steroid dienone is 5. The number of fused-ring (bicyclic) bond motifs is 7. The van der Waals surface area contributed by atoms with Crippen molar-refractivity contribution < 1.29 is 0 Å². The molecule has 3 N–H and O–H groups in total. The second-order valence-corrected chi connectivity index (χ2v) is 13.2. The summed E-state index contributed by atoms with van der Waals surface area (Å²) in [5.74, 6) is 0.455. The molecule has 3 heteroatoms. The molecular weight excluding hydrogens is 607 g/mol. The van der Waals surface area contributed by atoms with Crippen LogP contribution in [0.25, 0.3) is 54.9 Å². The van der Waals surface area contributed by atoms with Crippen LogP contribution < -0.4 is 5.73 Å². The van der Waals surface area contributed by atoms with Crippen molar-refractivity contribution in [1.29, 1.82) is 5.41 Å². The second kappa shape index (κ2) is 10.5. The number of amidine groups is 2. The highest BCUT2D eigenvalue weighted by Gasteiger charge is 2.58. The zero-order valence-electron chi connectivity index (χ0n) is 27.2. The molecule has 1 spiro atoms. The van der Waals surface area contributed by atoms with Crippen LogP contribution in [0.5, 0.6) is 0 Å². The van der Waals surface area contributed by atoms with Crippen LogP contribution in [-0.4, -0.2) is 11.7 Å². The fourth-order valence-corrected chi connectivity index (χ4v) is 9.02. The topological polar surface area (TPSA) is 62.2 Å². The van der Waals surface area contributed by atoms with E-state index in [9.17, 15) is 0 Å². The Morgan fingerprint density at radius 1 is 0.660 bits per heavy atom. The Kier molecular flexibility index (Phi) is 5.95. The highest BCUT2D eigenvalue weighted by Crippen LogP contribution is 2.71. The van der Waals surface area contributed by atoms with Gasteiger partial charge in [0, 0.05) is 11.1 Å². The van der Waals surface area contributed by atoms with Crippen LogP contribution >= 0.6 is 0 Å². The minimum absolute atomic E-state index is 0.132. The van der Waals surface area contributed by atoms with Crippen molar-refractivity contribution in [1.82, 2.24) is 0 Å². The molecule has 3 aliphatic carbocycles. The van der Waals surface area contributed by atoms with E-state index < -0.39 is 5.41 Å². The fraction of sp³-hybridized carbons (Fsp3) is 0.0213. The number of hydrogen-bond donors (Lipinski definition) is 2. The fourth-order valence-electron chi connectivity index (χ4n) is 9.02. The minimum Gasteiger partial charge on any atom is -0.383 e. The number of aliphatic imine (C=N–C) groups is 1. The summed E-state index contributed by atoms with van der Waals surface area (Å²) in [5, 5.41) is 14.3. The summed E-state index contributed by atoms with van der Waals surface area (Å²) in [4.78, 5) is 4.58. The highest BCUT2D eigenvalue weighted by molar-refractivity contribution is 6.30. The van der Waals surface area contributed by atoms with E-state index in [1.165, 1.54) is 71.6 Å². The molecule has 0 fully saturated rings. The van der Waals surface area contributed by atoms with Gasteiger partial charge in [-0.15, -0.1) is 0 Å². The van der Waals surface area contributed by atoms with Gasteiger partial charge in [0.05, 0.1) is 5.41 Å². The first-order chi connectivity index (χ1) is 24.6. The van der Waals surface area contributed by atoms with Crippen molar-refractivity contribution in [2.75, 3.05) is 0 Å². The van der Waals surface area contributed by atoms with Crippen LogP contribution in [0.15, 0.2) is 169 Å². The van der Waals surface area contributed by atoms with Gasteiger partial charge < -0.3 is 5.73 Å². The maximum Gasteiger partial charge on any atom is 0.154 e. The third-order valence-corrected chi connectivity index (χ3v) is 10.8. The molecule has 0 aromatic heterocycles. The molecular formula is C47H31N3. The Labute approximate surface area is 290 Å². The first kappa shape index (κ1) is 28.4. The Morgan fingerprint density at radius 3 is 2.20 bits per heavy atom. The largest absolute Gasteiger partial charge is 0.383 e. The lowest BCUT2D eigenvalue weighted by atomic mass is 9.71. The molecule has 234 valence electrons. The van der Waals surface area contributed by atoms with Crippen molar-refractivity contribution in [2.45, 2.75) is 5.41 Å². The number of nitrogens with one attached hydrogen (secondary N) is 1. The molecule has 7 aromatic rings. The van der Waals surface area contributed by atoms with Crippen molar-refractivity contribution in [3.05, 3.63) is 203 Å². The van der Waals surface area contributed by atoms with Gasteiger partial charge >= 0.3 is 0 Å². The van der Waals surface area contributed by atoms with E-state index in [0.29, 0.717) is 5.84 Å². The summed E-state index contributed by atoms with van der Waals surface area (Å²) in [6.07, 6.45) is 6.17. The summed E-state index contributed by atoms with van der Waals surface area (Å²) in [7, 11) is 0. The summed E-state index contributed by atoms with van der Waals surface area (Å²) in [6.45, 7) is 4.03. The Morgan fingerprint density at radius 2 is 1.36 bits per heavy atom. The van der Waals surface area contributed by atoms with Gasteiger partial charge in [-0.3, -0.25) is 5.41 Å². The molecule has 0 radical (unpaired) electrons. The number of benzene rings is 7. The molecule has 7 aromatic carbocycles. The smallest absolute Gasteiger partial charge is 0.154 e. The van der Waals surface area contributed by atoms with Gasteiger partial charge in [-0.2, -0.15) is 0 Å². The predicted octanol–water partition coefficient (Wildman–Crippen LogP) is 10.7. The van der Waals surface area contributed by atoms with E-state index in [4.69, 9.17) is 11.1 Å². The van der Waals surface area contributed by atoms with Crippen LogP contribution in [0.3, 0.4) is 0 Å². The average molecular weight is 638 g/mol. The van der Waals surface area contributed by atoms with Gasteiger partial charge in [-0.1, -0.05) is 158 Å². The molecule has 0 bridgehead atoms. The first-order valence-electron chi connectivity index (χ1n) is 17.0. The van der Waals surface area contributed by atoms with E-state index in [2.05, 4.69) is 115 Å². The monoisotopic (exact) mass is 637 g/mol. The summed E-state index contributed by atoms with van der Waals surface area (Å²) >= 11 is 0. The van der Waals surface area contributed by atoms with Gasteiger partial charge in [-0.05, 0) is 88.8 Å². The molecule has 50 heavy (non-hydrogen) atoms. The molecule has 3 aliphatic rings. The molecule has 0 saturated carbocycles. The van der Waals surface area contributed by atoms with Crippen molar-refractivity contribution in [2.24, 2.45) is 10.7 Å². The van der Waals surface area contributed by atoms with Gasteiger partial charge in [0.25, 0.3) is 0 Å². The maximum atomic E-state index is 9.10. The number of hydrogen-bond acceptors (Lipinski definition) is 1. The summed E-state index contributed by atoms with van der Waals surface area (Å²) in [5.41, 5.74) is 21.1. The molecule has 1 atom stereocenters. The van der Waals surface area contributed by atoms with E-state index in [1.54, 1.807) is 0 Å². The van der Waals surface area contributed by atoms with Crippen molar-refractivity contribution in [3.63, 3.8) is 0 Å². The van der Waals surface area contributed by atoms with Crippen LogP contribution in [0.1, 0.15) is 38.9 Å². The molecule has 10 rings (SSSR count). The van der Waals surface area contributed by atoms with Gasteiger partial charge in [0.2, 0.25) is 0 Å². The third-order valence-electron chi connectivity index (χ3n) is 10.8. The minimum atomic E-state index is -0.484. The molecule has 0 heterocycles. The van der Waals surface area contributed by atoms with Gasteiger partial charge in [0.15, 0.2) is 5.84 Å². The zero-order valence-corrected chi connectivity index (χ0v) is 27.2. The Bertz CT molecular complexity index is 2740. The van der Waals surface area contributed by atoms with Crippen molar-refractivity contribution >= 4 is 44.4 Å². The standard InChI is InChI=1S/C47H31N3/c1-2-3-16-35-32-26-25-29(30-17-7-10-20-36(30)46(49)50-45(48)28-14-5-4-6-15-28)27-40(32)47-39-24-12-11-21-37(39)41-33-19-9-8-18-31(33)34-22-13-23-38(43(35)47)42(34)44(41)47/h2-27H,1H2,(H3,48,49,50)/b16-3-. The van der Waals surface area contributed by atoms with Gasteiger partial charge in [0.1, 0.15) is 5.84 Å². The molecule has 0 amide bonds. The van der Waals surface area contributed by atoms with Gasteiger partial charge in [-0.25, -0.2) is 4.99 Å². The molecule has 0 saturated heterocycles. The number of nitrogens with zero attached hydrogens (tertiary/aromatic N) is 1. The van der Waals surface area contributed by atoms with Crippen LogP contribution in [-0.2, 0) is 5.41 Å². The van der Waals surface area contributed by atoms with Crippen molar-refractivity contribution in [3.8, 4) is 22.3 Å². The maximum absolute atomic E-state index is 9.10. The SMILES string of the molecule is C=C/C=C\C1=C2c3cccc4c3c3c(c5ccccc54)-c4ccccc4C23c2cc(-c3ccccc3C(=N)N=C(N)c3ccccc3)ccc21. The summed E-state index contributed by atoms with van der Waals surface area (Å²) < 4.78 is 0. The van der Waals surface area contributed by atoms with Crippen LogP contribution in [0.2, 0.25) is 0 Å². The molecule has 0 aliphatic heterocycles. The Balaban J connectivity index is 1.27. The lowest BCUT2D eigenvalue weighted by Crippen LogP contribution is -2.23. The average Bonchev–Trinajstić information content (AvgIpc) is 3.75. The lowest BCUT2D eigenvalue weighted by Gasteiger charge is -2.29. The molecule has 1 unspecified atom stereocenters. The van der Waals surface area contributed by atoms with Crippen LogP contribution in [0, 0.1) is 5.41 Å². The molecule has 3 nitrogen and oxygen atoms in total. The Hall–Kier alpha value is -6.58. The normalized spacial score (nSPS) is 16.7. The van der Waals surface area contributed by atoms with E-state index >= 15 is 0 Å². The summed E-state index contributed by atoms with van der Waals surface area (Å²) in [6, 6.07) is 49.2. The number of nitrogens with two attached hydrogens (primary N) is 1. The van der Waals surface area contributed by atoms with E-state index in [0.717, 1.165) is 22.3 Å².